The first-order chi connectivity index (χ1) is 7.31. The van der Waals surface area contributed by atoms with Gasteiger partial charge in [0.15, 0.2) is 0 Å². The molecule has 0 saturated heterocycles. The third-order valence-corrected chi connectivity index (χ3v) is 3.52. The van der Waals surface area contributed by atoms with Gasteiger partial charge in [-0.05, 0) is 42.1 Å². The summed E-state index contributed by atoms with van der Waals surface area (Å²) in [5, 5.41) is 5.30. The van der Waals surface area contributed by atoms with Crippen LogP contribution >= 0.6 is 11.3 Å². The standard InChI is InChI=1S/C13H15NS/c1-10-7-8-15-13(10)12-5-3-11(4-6-12)9-14-2/h3-8,14H,9H2,1-2H3. The Morgan fingerprint density at radius 2 is 1.87 bits per heavy atom. The second-order valence-electron chi connectivity index (χ2n) is 3.66. The number of nitrogens with one attached hydrogen (secondary N) is 1. The summed E-state index contributed by atoms with van der Waals surface area (Å²) < 4.78 is 0. The van der Waals surface area contributed by atoms with Crippen molar-refractivity contribution in [3.05, 3.63) is 46.8 Å². The van der Waals surface area contributed by atoms with E-state index in [0.29, 0.717) is 0 Å². The van der Waals surface area contributed by atoms with Gasteiger partial charge in [-0.15, -0.1) is 11.3 Å². The Balaban J connectivity index is 2.28. The fourth-order valence-electron chi connectivity index (χ4n) is 1.65. The molecule has 78 valence electrons. The van der Waals surface area contributed by atoms with E-state index in [1.807, 2.05) is 7.05 Å². The molecule has 0 bridgehead atoms. The van der Waals surface area contributed by atoms with Gasteiger partial charge in [-0.3, -0.25) is 0 Å². The first kappa shape index (κ1) is 10.4. The molecule has 2 aromatic rings. The molecule has 0 aliphatic heterocycles. The van der Waals surface area contributed by atoms with Gasteiger partial charge in [0, 0.05) is 11.4 Å². The van der Waals surface area contributed by atoms with E-state index in [-0.39, 0.29) is 0 Å². The average Bonchev–Trinajstić information content (AvgIpc) is 2.66. The van der Waals surface area contributed by atoms with E-state index in [4.69, 9.17) is 0 Å². The van der Waals surface area contributed by atoms with E-state index in [1.165, 1.54) is 21.6 Å². The van der Waals surface area contributed by atoms with Crippen LogP contribution in [0.5, 0.6) is 0 Å². The minimum atomic E-state index is 0.934. The van der Waals surface area contributed by atoms with Crippen molar-refractivity contribution in [2.75, 3.05) is 7.05 Å². The van der Waals surface area contributed by atoms with Crippen molar-refractivity contribution in [3.8, 4) is 10.4 Å². The van der Waals surface area contributed by atoms with Gasteiger partial charge < -0.3 is 5.32 Å². The van der Waals surface area contributed by atoms with Crippen molar-refractivity contribution in [2.45, 2.75) is 13.5 Å². The highest BCUT2D eigenvalue weighted by molar-refractivity contribution is 7.13. The van der Waals surface area contributed by atoms with E-state index >= 15 is 0 Å². The minimum absolute atomic E-state index is 0.934. The molecule has 0 atom stereocenters. The zero-order chi connectivity index (χ0) is 10.7. The lowest BCUT2D eigenvalue weighted by molar-refractivity contribution is 0.818. The maximum Gasteiger partial charge on any atom is 0.0371 e. The normalized spacial score (nSPS) is 10.5. The molecule has 1 nitrogen and oxygen atoms in total. The van der Waals surface area contributed by atoms with Crippen LogP contribution in [0.2, 0.25) is 0 Å². The van der Waals surface area contributed by atoms with Gasteiger partial charge in [-0.2, -0.15) is 0 Å². The number of benzene rings is 1. The predicted molar refractivity (Wildman–Crippen MR) is 67.3 cm³/mol. The smallest absolute Gasteiger partial charge is 0.0371 e. The van der Waals surface area contributed by atoms with Gasteiger partial charge in [0.25, 0.3) is 0 Å². The molecule has 1 heterocycles. The molecule has 0 aliphatic carbocycles. The highest BCUT2D eigenvalue weighted by Gasteiger charge is 2.02. The van der Waals surface area contributed by atoms with E-state index in [0.717, 1.165) is 6.54 Å². The van der Waals surface area contributed by atoms with Crippen LogP contribution in [-0.2, 0) is 6.54 Å². The van der Waals surface area contributed by atoms with Gasteiger partial charge in [0.2, 0.25) is 0 Å². The summed E-state index contributed by atoms with van der Waals surface area (Å²) >= 11 is 1.81. The molecule has 0 amide bonds. The van der Waals surface area contributed by atoms with Crippen molar-refractivity contribution in [1.82, 2.24) is 5.32 Å². The summed E-state index contributed by atoms with van der Waals surface area (Å²) in [5.41, 5.74) is 4.01. The minimum Gasteiger partial charge on any atom is -0.316 e. The van der Waals surface area contributed by atoms with Crippen molar-refractivity contribution in [3.63, 3.8) is 0 Å². The Morgan fingerprint density at radius 3 is 2.40 bits per heavy atom. The van der Waals surface area contributed by atoms with Gasteiger partial charge in [0.05, 0.1) is 0 Å². The molecule has 1 aromatic carbocycles. The van der Waals surface area contributed by atoms with Gasteiger partial charge >= 0.3 is 0 Å². The Morgan fingerprint density at radius 1 is 1.13 bits per heavy atom. The van der Waals surface area contributed by atoms with Crippen LogP contribution in [0.1, 0.15) is 11.1 Å². The molecule has 1 aromatic heterocycles. The molecular formula is C13H15NS. The lowest BCUT2D eigenvalue weighted by Gasteiger charge is -2.03. The van der Waals surface area contributed by atoms with Gasteiger partial charge in [-0.1, -0.05) is 24.3 Å². The molecule has 0 saturated carbocycles. The van der Waals surface area contributed by atoms with Crippen LogP contribution in [0.15, 0.2) is 35.7 Å². The van der Waals surface area contributed by atoms with E-state index in [2.05, 4.69) is 48.0 Å². The fourth-order valence-corrected chi connectivity index (χ4v) is 2.58. The number of hydrogen-bond acceptors (Lipinski definition) is 2. The molecule has 15 heavy (non-hydrogen) atoms. The largest absolute Gasteiger partial charge is 0.316 e. The van der Waals surface area contributed by atoms with E-state index in [9.17, 15) is 0 Å². The summed E-state index contributed by atoms with van der Waals surface area (Å²) in [6.07, 6.45) is 0. The third kappa shape index (κ3) is 2.28. The SMILES string of the molecule is CNCc1ccc(-c2sccc2C)cc1. The summed E-state index contributed by atoms with van der Waals surface area (Å²) in [6, 6.07) is 10.9. The summed E-state index contributed by atoms with van der Waals surface area (Å²) in [5.74, 6) is 0. The molecule has 0 fully saturated rings. The summed E-state index contributed by atoms with van der Waals surface area (Å²) in [6.45, 7) is 3.09. The molecule has 0 spiro atoms. The van der Waals surface area contributed by atoms with Gasteiger partial charge in [0.1, 0.15) is 0 Å². The Hall–Kier alpha value is -1.12. The first-order valence-corrected chi connectivity index (χ1v) is 5.97. The number of thiophene rings is 1. The van der Waals surface area contributed by atoms with E-state index < -0.39 is 0 Å². The average molecular weight is 217 g/mol. The molecule has 0 unspecified atom stereocenters. The Labute approximate surface area is 94.8 Å². The van der Waals surface area contributed by atoms with Crippen LogP contribution in [0.25, 0.3) is 10.4 Å². The Kier molecular flexibility index (Phi) is 3.19. The van der Waals surface area contributed by atoms with Crippen molar-refractivity contribution in [1.29, 1.82) is 0 Å². The van der Waals surface area contributed by atoms with Crippen LogP contribution in [0.3, 0.4) is 0 Å². The Bertz CT molecular complexity index is 428. The fraction of sp³-hybridized carbons (Fsp3) is 0.231. The summed E-state index contributed by atoms with van der Waals surface area (Å²) in [4.78, 5) is 1.38. The van der Waals surface area contributed by atoms with Crippen molar-refractivity contribution < 1.29 is 0 Å². The summed E-state index contributed by atoms with van der Waals surface area (Å²) in [7, 11) is 1.97. The third-order valence-electron chi connectivity index (χ3n) is 2.46. The van der Waals surface area contributed by atoms with E-state index in [1.54, 1.807) is 11.3 Å². The molecular weight excluding hydrogens is 202 g/mol. The maximum atomic E-state index is 3.15. The molecule has 2 heteroatoms. The lowest BCUT2D eigenvalue weighted by atomic mass is 10.1. The van der Waals surface area contributed by atoms with Crippen LogP contribution in [0, 0.1) is 6.92 Å². The predicted octanol–water partition coefficient (Wildman–Crippen LogP) is 3.44. The lowest BCUT2D eigenvalue weighted by Crippen LogP contribution is -2.04. The number of hydrogen-bond donors (Lipinski definition) is 1. The van der Waals surface area contributed by atoms with Crippen molar-refractivity contribution >= 4 is 11.3 Å². The highest BCUT2D eigenvalue weighted by atomic mass is 32.1. The van der Waals surface area contributed by atoms with Crippen molar-refractivity contribution in [2.24, 2.45) is 0 Å². The molecule has 2 rings (SSSR count). The highest BCUT2D eigenvalue weighted by Crippen LogP contribution is 2.28. The first-order valence-electron chi connectivity index (χ1n) is 5.09. The molecule has 0 radical (unpaired) electrons. The second kappa shape index (κ2) is 4.60. The zero-order valence-electron chi connectivity index (χ0n) is 9.08. The topological polar surface area (TPSA) is 12.0 Å². The molecule has 0 aliphatic rings. The monoisotopic (exact) mass is 217 g/mol. The zero-order valence-corrected chi connectivity index (χ0v) is 9.90. The van der Waals surface area contributed by atoms with Crippen LogP contribution in [-0.4, -0.2) is 7.05 Å². The second-order valence-corrected chi connectivity index (χ2v) is 4.58. The van der Waals surface area contributed by atoms with Crippen LogP contribution in [0.4, 0.5) is 0 Å². The number of aryl methyl sites for hydroxylation is 1. The quantitative estimate of drug-likeness (QED) is 0.830. The maximum absolute atomic E-state index is 3.15. The van der Waals surface area contributed by atoms with Gasteiger partial charge in [-0.25, -0.2) is 0 Å². The number of rotatable bonds is 3. The molecule has 1 N–H and O–H groups in total. The van der Waals surface area contributed by atoms with Crippen LogP contribution < -0.4 is 5.32 Å².